The van der Waals surface area contributed by atoms with Gasteiger partial charge in [-0.1, -0.05) is 23.7 Å². The second-order valence-electron chi connectivity index (χ2n) is 4.98. The Kier molecular flexibility index (Phi) is 4.46. The number of ketones is 1. The summed E-state index contributed by atoms with van der Waals surface area (Å²) in [7, 11) is 0. The average molecular weight is 289 g/mol. The van der Waals surface area contributed by atoms with Crippen LogP contribution < -0.4 is 4.74 Å². The van der Waals surface area contributed by atoms with E-state index in [0.717, 1.165) is 5.56 Å². The van der Waals surface area contributed by atoms with Gasteiger partial charge in [0.25, 0.3) is 0 Å². The van der Waals surface area contributed by atoms with Crippen LogP contribution in [-0.2, 0) is 0 Å². The second kappa shape index (κ2) is 6.10. The molecule has 0 saturated heterocycles. The van der Waals surface area contributed by atoms with Crippen molar-refractivity contribution in [1.29, 1.82) is 0 Å². The van der Waals surface area contributed by atoms with Gasteiger partial charge in [-0.2, -0.15) is 0 Å². The molecule has 0 radical (unpaired) electrons. The van der Waals surface area contributed by atoms with E-state index < -0.39 is 0 Å². The van der Waals surface area contributed by atoms with Gasteiger partial charge in [-0.25, -0.2) is 0 Å². The third-order valence-corrected chi connectivity index (χ3v) is 3.14. The summed E-state index contributed by atoms with van der Waals surface area (Å²) in [4.78, 5) is 12.5. The molecule has 2 rings (SSSR count). The normalized spacial score (nSPS) is 10.7. The van der Waals surface area contributed by atoms with E-state index in [-0.39, 0.29) is 11.9 Å². The van der Waals surface area contributed by atoms with E-state index >= 15 is 0 Å². The van der Waals surface area contributed by atoms with Crippen LogP contribution in [0.4, 0.5) is 0 Å². The lowest BCUT2D eigenvalue weighted by Crippen LogP contribution is -2.07. The van der Waals surface area contributed by atoms with E-state index in [4.69, 9.17) is 16.3 Å². The Morgan fingerprint density at radius 3 is 2.55 bits per heavy atom. The molecule has 0 bridgehead atoms. The maximum atomic E-state index is 12.5. The van der Waals surface area contributed by atoms with Crippen molar-refractivity contribution in [2.45, 2.75) is 26.9 Å². The first kappa shape index (κ1) is 14.6. The van der Waals surface area contributed by atoms with E-state index in [9.17, 15) is 4.79 Å². The van der Waals surface area contributed by atoms with Crippen molar-refractivity contribution in [2.75, 3.05) is 0 Å². The first-order valence-electron chi connectivity index (χ1n) is 6.55. The Bertz CT molecular complexity index is 633. The molecule has 0 aliphatic heterocycles. The van der Waals surface area contributed by atoms with Gasteiger partial charge < -0.3 is 4.74 Å². The van der Waals surface area contributed by atoms with Crippen LogP contribution >= 0.6 is 11.6 Å². The van der Waals surface area contributed by atoms with Gasteiger partial charge >= 0.3 is 0 Å². The van der Waals surface area contributed by atoms with Gasteiger partial charge in [0.2, 0.25) is 0 Å². The summed E-state index contributed by atoms with van der Waals surface area (Å²) in [6.07, 6.45) is 0.0811. The molecule has 0 spiro atoms. The topological polar surface area (TPSA) is 26.3 Å². The van der Waals surface area contributed by atoms with Gasteiger partial charge in [-0.3, -0.25) is 4.79 Å². The molecule has 0 saturated carbocycles. The number of ether oxygens (including phenoxy) is 1. The number of carbonyl (C=O) groups is 1. The van der Waals surface area contributed by atoms with Crippen molar-refractivity contribution >= 4 is 17.4 Å². The summed E-state index contributed by atoms with van der Waals surface area (Å²) in [5.74, 6) is 0.686. The zero-order valence-corrected chi connectivity index (χ0v) is 12.6. The van der Waals surface area contributed by atoms with Crippen LogP contribution in [0.1, 0.15) is 35.3 Å². The molecule has 0 amide bonds. The van der Waals surface area contributed by atoms with E-state index in [0.29, 0.717) is 21.9 Å². The minimum absolute atomic E-state index is 0.0200. The number of halogens is 1. The van der Waals surface area contributed by atoms with Crippen molar-refractivity contribution in [3.05, 3.63) is 64.2 Å². The summed E-state index contributed by atoms with van der Waals surface area (Å²) in [5, 5.41) is 0.635. The molecule has 0 unspecified atom stereocenters. The number of hydrogen-bond acceptors (Lipinski definition) is 2. The number of benzene rings is 2. The molecule has 2 nitrogen and oxygen atoms in total. The van der Waals surface area contributed by atoms with Gasteiger partial charge in [0.15, 0.2) is 5.78 Å². The largest absolute Gasteiger partial charge is 0.491 e. The molecule has 0 heterocycles. The quantitative estimate of drug-likeness (QED) is 0.765. The highest BCUT2D eigenvalue weighted by molar-refractivity contribution is 6.30. The summed E-state index contributed by atoms with van der Waals surface area (Å²) >= 11 is 5.92. The second-order valence-corrected chi connectivity index (χ2v) is 5.42. The van der Waals surface area contributed by atoms with E-state index in [2.05, 4.69) is 0 Å². The molecule has 3 heteroatoms. The lowest BCUT2D eigenvalue weighted by molar-refractivity contribution is 0.103. The van der Waals surface area contributed by atoms with E-state index in [1.807, 2.05) is 32.9 Å². The fourth-order valence-corrected chi connectivity index (χ4v) is 2.25. The van der Waals surface area contributed by atoms with Crippen LogP contribution in [-0.4, -0.2) is 11.9 Å². The summed E-state index contributed by atoms with van der Waals surface area (Å²) in [6, 6.07) is 12.5. The molecular weight excluding hydrogens is 272 g/mol. The molecule has 0 atom stereocenters. The Balaban J connectivity index is 2.33. The van der Waals surface area contributed by atoms with E-state index in [1.165, 1.54) is 0 Å². The van der Waals surface area contributed by atoms with Crippen molar-refractivity contribution in [2.24, 2.45) is 0 Å². The highest BCUT2D eigenvalue weighted by Crippen LogP contribution is 2.21. The minimum atomic E-state index is -0.0200. The van der Waals surface area contributed by atoms with Crippen LogP contribution in [0, 0.1) is 6.92 Å². The van der Waals surface area contributed by atoms with Crippen molar-refractivity contribution in [3.63, 3.8) is 0 Å². The molecule has 20 heavy (non-hydrogen) atoms. The predicted octanol–water partition coefficient (Wildman–Crippen LogP) is 4.67. The van der Waals surface area contributed by atoms with Crippen LogP contribution in [0.25, 0.3) is 0 Å². The highest BCUT2D eigenvalue weighted by Gasteiger charge is 2.13. The molecule has 2 aromatic carbocycles. The Morgan fingerprint density at radius 1 is 1.15 bits per heavy atom. The third-order valence-electron chi connectivity index (χ3n) is 2.90. The smallest absolute Gasteiger partial charge is 0.193 e. The van der Waals surface area contributed by atoms with Crippen molar-refractivity contribution < 1.29 is 9.53 Å². The zero-order chi connectivity index (χ0) is 14.7. The third kappa shape index (κ3) is 3.40. The Hall–Kier alpha value is -1.80. The monoisotopic (exact) mass is 288 g/mol. The molecule has 0 aliphatic rings. The number of rotatable bonds is 4. The molecule has 0 aliphatic carbocycles. The highest BCUT2D eigenvalue weighted by atomic mass is 35.5. The number of aryl methyl sites for hydroxylation is 1. The van der Waals surface area contributed by atoms with Crippen molar-refractivity contribution in [1.82, 2.24) is 0 Å². The first-order chi connectivity index (χ1) is 9.47. The number of carbonyl (C=O) groups excluding carboxylic acids is 1. The average Bonchev–Trinajstić information content (AvgIpc) is 2.37. The fraction of sp³-hybridized carbons (Fsp3) is 0.235. The predicted molar refractivity (Wildman–Crippen MR) is 81.8 cm³/mol. The lowest BCUT2D eigenvalue weighted by Gasteiger charge is -2.11. The Labute approximate surface area is 124 Å². The van der Waals surface area contributed by atoms with Crippen LogP contribution in [0.2, 0.25) is 5.02 Å². The van der Waals surface area contributed by atoms with Crippen LogP contribution in [0.5, 0.6) is 5.75 Å². The van der Waals surface area contributed by atoms with Gasteiger partial charge in [0.1, 0.15) is 5.75 Å². The summed E-state index contributed by atoms with van der Waals surface area (Å²) < 4.78 is 5.62. The fourth-order valence-electron chi connectivity index (χ4n) is 2.02. The molecular formula is C17H17ClO2. The Morgan fingerprint density at radius 2 is 1.90 bits per heavy atom. The summed E-state index contributed by atoms with van der Waals surface area (Å²) in [5.41, 5.74) is 2.15. The number of hydrogen-bond donors (Lipinski definition) is 0. The van der Waals surface area contributed by atoms with Gasteiger partial charge in [0, 0.05) is 16.1 Å². The molecule has 0 fully saturated rings. The van der Waals surface area contributed by atoms with Crippen LogP contribution in [0.15, 0.2) is 42.5 Å². The molecule has 0 N–H and O–H groups in total. The minimum Gasteiger partial charge on any atom is -0.491 e. The molecule has 104 valence electrons. The molecule has 0 aromatic heterocycles. The molecule has 2 aromatic rings. The van der Waals surface area contributed by atoms with Gasteiger partial charge in [0.05, 0.1) is 6.10 Å². The zero-order valence-electron chi connectivity index (χ0n) is 11.8. The maximum Gasteiger partial charge on any atom is 0.193 e. The first-order valence-corrected chi connectivity index (χ1v) is 6.92. The lowest BCUT2D eigenvalue weighted by atomic mass is 9.99. The van der Waals surface area contributed by atoms with Crippen molar-refractivity contribution in [3.8, 4) is 5.75 Å². The maximum absolute atomic E-state index is 12.5. The van der Waals surface area contributed by atoms with Gasteiger partial charge in [-0.05, 0) is 56.7 Å². The van der Waals surface area contributed by atoms with Crippen LogP contribution in [0.3, 0.4) is 0 Å². The standard InChI is InChI=1S/C17H17ClO2/c1-11(2)20-15-6-4-5-13(10-15)17(19)16-8-7-14(18)9-12(16)3/h4-11H,1-3H3. The van der Waals surface area contributed by atoms with E-state index in [1.54, 1.807) is 30.3 Å². The summed E-state index contributed by atoms with van der Waals surface area (Å²) in [6.45, 7) is 5.79. The SMILES string of the molecule is Cc1cc(Cl)ccc1C(=O)c1cccc(OC(C)C)c1. The van der Waals surface area contributed by atoms with Gasteiger partial charge in [-0.15, -0.1) is 0 Å².